The highest BCUT2D eigenvalue weighted by Gasteiger charge is 2.08. The Morgan fingerprint density at radius 2 is 0.957 bits per heavy atom. The molecule has 0 spiro atoms. The van der Waals surface area contributed by atoms with E-state index in [9.17, 15) is 0 Å². The summed E-state index contributed by atoms with van der Waals surface area (Å²) in [4.78, 5) is 2.65. The summed E-state index contributed by atoms with van der Waals surface area (Å²) in [5.74, 6) is 2.70. The Bertz CT molecular complexity index is 232. The molecule has 138 valence electrons. The molecule has 0 aromatic rings. The van der Waals surface area contributed by atoms with Gasteiger partial charge >= 0.3 is 0 Å². The molecular weight excluding hydrogens is 302 g/mol. The molecular formula is C20H41NOS. The number of rotatable bonds is 16. The number of hydrogen-bond donors (Lipinski definition) is 1. The van der Waals surface area contributed by atoms with Gasteiger partial charge in [0.25, 0.3) is 0 Å². The molecule has 2 nitrogen and oxygen atoms in total. The third-order valence-corrected chi connectivity index (χ3v) is 5.93. The zero-order valence-corrected chi connectivity index (χ0v) is 16.3. The maximum absolute atomic E-state index is 8.71. The van der Waals surface area contributed by atoms with Crippen LogP contribution < -0.4 is 0 Å². The normalized spacial score (nSPS) is 16.0. The number of aliphatic hydroxyl groups excluding tert-OH is 1. The molecule has 0 radical (unpaired) electrons. The summed E-state index contributed by atoms with van der Waals surface area (Å²) in [7, 11) is 0. The van der Waals surface area contributed by atoms with E-state index in [0.717, 1.165) is 6.42 Å². The highest BCUT2D eigenvalue weighted by Crippen LogP contribution is 2.14. The molecule has 1 N–H and O–H groups in total. The maximum Gasteiger partial charge on any atom is 0.0431 e. The summed E-state index contributed by atoms with van der Waals surface area (Å²) in [6.07, 6.45) is 19.3. The Hall–Kier alpha value is 0.270. The number of nitrogens with zero attached hydrogens (tertiary/aromatic N) is 1. The van der Waals surface area contributed by atoms with Crippen LogP contribution in [-0.2, 0) is 0 Å². The molecule has 0 unspecified atom stereocenters. The average Bonchev–Trinajstić information content (AvgIpc) is 2.59. The molecule has 23 heavy (non-hydrogen) atoms. The van der Waals surface area contributed by atoms with Crippen molar-refractivity contribution in [1.29, 1.82) is 0 Å². The van der Waals surface area contributed by atoms with Crippen molar-refractivity contribution in [2.75, 3.05) is 37.7 Å². The Morgan fingerprint density at radius 1 is 0.565 bits per heavy atom. The molecule has 0 atom stereocenters. The molecule has 0 amide bonds. The predicted octanol–water partition coefficient (Wildman–Crippen LogP) is 5.49. The van der Waals surface area contributed by atoms with Crippen molar-refractivity contribution in [3.05, 3.63) is 0 Å². The first-order valence-electron chi connectivity index (χ1n) is 10.3. The van der Waals surface area contributed by atoms with Crippen LogP contribution in [0.2, 0.25) is 0 Å². The van der Waals surface area contributed by atoms with Gasteiger partial charge < -0.3 is 10.0 Å². The van der Waals surface area contributed by atoms with Crippen LogP contribution in [0.15, 0.2) is 0 Å². The molecule has 1 aliphatic heterocycles. The van der Waals surface area contributed by atoms with Crippen LogP contribution in [0.1, 0.15) is 89.9 Å². The fraction of sp³-hybridized carbons (Fsp3) is 1.00. The number of aliphatic hydroxyl groups is 1. The first-order valence-corrected chi connectivity index (χ1v) is 11.5. The smallest absolute Gasteiger partial charge is 0.0431 e. The lowest BCUT2D eigenvalue weighted by molar-refractivity contribution is 0.282. The van der Waals surface area contributed by atoms with Crippen molar-refractivity contribution >= 4 is 11.8 Å². The standard InChI is InChI=1S/C20H41NOS/c22-18-14-12-10-8-6-4-2-1-3-5-7-9-11-13-15-21-16-19-23-20-17-21/h22H,1-20H2. The number of hydrogen-bond acceptors (Lipinski definition) is 3. The second-order valence-corrected chi connectivity index (χ2v) is 8.35. The fourth-order valence-corrected chi connectivity index (χ4v) is 4.37. The van der Waals surface area contributed by atoms with Gasteiger partial charge in [0.05, 0.1) is 0 Å². The SMILES string of the molecule is OCCCCCCCCCCCCCCCCN1CCSCC1. The molecule has 1 rings (SSSR count). The summed E-state index contributed by atoms with van der Waals surface area (Å²) < 4.78 is 0. The molecule has 0 saturated carbocycles. The topological polar surface area (TPSA) is 23.5 Å². The predicted molar refractivity (Wildman–Crippen MR) is 105 cm³/mol. The van der Waals surface area contributed by atoms with Crippen LogP contribution in [-0.4, -0.2) is 47.8 Å². The van der Waals surface area contributed by atoms with Crippen LogP contribution in [0, 0.1) is 0 Å². The lowest BCUT2D eigenvalue weighted by atomic mass is 10.0. The van der Waals surface area contributed by atoms with E-state index in [-0.39, 0.29) is 0 Å². The molecule has 0 aliphatic carbocycles. The Morgan fingerprint density at radius 3 is 1.39 bits per heavy atom. The lowest BCUT2D eigenvalue weighted by Gasteiger charge is -2.25. The van der Waals surface area contributed by atoms with Crippen molar-refractivity contribution in [2.45, 2.75) is 89.9 Å². The van der Waals surface area contributed by atoms with Crippen molar-refractivity contribution in [3.8, 4) is 0 Å². The van der Waals surface area contributed by atoms with Gasteiger partial charge in [0.2, 0.25) is 0 Å². The molecule has 0 aromatic heterocycles. The maximum atomic E-state index is 8.71. The van der Waals surface area contributed by atoms with Gasteiger partial charge in [0, 0.05) is 31.2 Å². The van der Waals surface area contributed by atoms with Crippen LogP contribution in [0.25, 0.3) is 0 Å². The van der Waals surface area contributed by atoms with Crippen LogP contribution in [0.5, 0.6) is 0 Å². The fourth-order valence-electron chi connectivity index (χ4n) is 3.39. The van der Waals surface area contributed by atoms with E-state index in [0.29, 0.717) is 6.61 Å². The Labute approximate surface area is 149 Å². The molecule has 1 heterocycles. The summed E-state index contributed by atoms with van der Waals surface area (Å²) in [6, 6.07) is 0. The minimum atomic E-state index is 0.372. The van der Waals surface area contributed by atoms with E-state index >= 15 is 0 Å². The van der Waals surface area contributed by atoms with Crippen molar-refractivity contribution in [3.63, 3.8) is 0 Å². The minimum Gasteiger partial charge on any atom is -0.396 e. The Kier molecular flexibility index (Phi) is 15.9. The van der Waals surface area contributed by atoms with Gasteiger partial charge in [0.15, 0.2) is 0 Å². The van der Waals surface area contributed by atoms with E-state index in [2.05, 4.69) is 16.7 Å². The van der Waals surface area contributed by atoms with E-state index in [1.165, 1.54) is 115 Å². The van der Waals surface area contributed by atoms with Gasteiger partial charge in [0.1, 0.15) is 0 Å². The monoisotopic (exact) mass is 343 g/mol. The van der Waals surface area contributed by atoms with Gasteiger partial charge in [-0.3, -0.25) is 0 Å². The lowest BCUT2D eigenvalue weighted by Crippen LogP contribution is -2.33. The molecule has 0 bridgehead atoms. The number of unbranched alkanes of at least 4 members (excludes halogenated alkanes) is 13. The van der Waals surface area contributed by atoms with Crippen molar-refractivity contribution in [1.82, 2.24) is 4.90 Å². The number of thioether (sulfide) groups is 1. The second kappa shape index (κ2) is 17.1. The zero-order valence-electron chi connectivity index (χ0n) is 15.4. The highest BCUT2D eigenvalue weighted by atomic mass is 32.2. The minimum absolute atomic E-state index is 0.372. The van der Waals surface area contributed by atoms with E-state index in [1.807, 2.05) is 0 Å². The van der Waals surface area contributed by atoms with Crippen molar-refractivity contribution in [2.24, 2.45) is 0 Å². The first kappa shape index (κ1) is 21.3. The quantitative estimate of drug-likeness (QED) is 0.375. The molecule has 1 fully saturated rings. The molecule has 1 saturated heterocycles. The summed E-state index contributed by atoms with van der Waals surface area (Å²) in [5, 5.41) is 8.71. The van der Waals surface area contributed by atoms with E-state index in [1.54, 1.807) is 0 Å². The van der Waals surface area contributed by atoms with Gasteiger partial charge in [-0.15, -0.1) is 0 Å². The zero-order chi connectivity index (χ0) is 16.4. The van der Waals surface area contributed by atoms with Gasteiger partial charge in [-0.05, 0) is 19.4 Å². The average molecular weight is 344 g/mol. The van der Waals surface area contributed by atoms with Crippen LogP contribution >= 0.6 is 11.8 Å². The van der Waals surface area contributed by atoms with Gasteiger partial charge in [-0.25, -0.2) is 0 Å². The van der Waals surface area contributed by atoms with E-state index < -0.39 is 0 Å². The summed E-state index contributed by atoms with van der Waals surface area (Å²) in [6.45, 7) is 4.37. The summed E-state index contributed by atoms with van der Waals surface area (Å²) in [5.41, 5.74) is 0. The van der Waals surface area contributed by atoms with Crippen LogP contribution in [0.3, 0.4) is 0 Å². The van der Waals surface area contributed by atoms with Gasteiger partial charge in [-0.1, -0.05) is 77.0 Å². The van der Waals surface area contributed by atoms with E-state index in [4.69, 9.17) is 5.11 Å². The van der Waals surface area contributed by atoms with Crippen molar-refractivity contribution < 1.29 is 5.11 Å². The summed E-state index contributed by atoms with van der Waals surface area (Å²) >= 11 is 2.11. The first-order chi connectivity index (χ1) is 11.4. The van der Waals surface area contributed by atoms with Gasteiger partial charge in [-0.2, -0.15) is 11.8 Å². The largest absolute Gasteiger partial charge is 0.396 e. The highest BCUT2D eigenvalue weighted by molar-refractivity contribution is 7.99. The Balaban J connectivity index is 1.67. The third kappa shape index (κ3) is 14.3. The third-order valence-electron chi connectivity index (χ3n) is 4.99. The molecule has 1 aliphatic rings. The second-order valence-electron chi connectivity index (χ2n) is 7.13. The molecule has 3 heteroatoms. The van der Waals surface area contributed by atoms with Crippen LogP contribution in [0.4, 0.5) is 0 Å². The molecule has 0 aromatic carbocycles.